The van der Waals surface area contributed by atoms with Gasteiger partial charge < -0.3 is 5.11 Å². The van der Waals surface area contributed by atoms with Gasteiger partial charge in [0, 0.05) is 11.8 Å². The summed E-state index contributed by atoms with van der Waals surface area (Å²) in [5, 5.41) is 11.7. The van der Waals surface area contributed by atoms with Crippen molar-refractivity contribution < 1.29 is 27.9 Å². The number of hydrogen-bond acceptors (Lipinski definition) is 5. The maximum atomic E-state index is 12.7. The molecule has 0 bridgehead atoms. The number of benzene rings is 1. The summed E-state index contributed by atoms with van der Waals surface area (Å²) >= 11 is 1.03. The molecule has 0 aliphatic rings. The van der Waals surface area contributed by atoms with E-state index in [1.165, 1.54) is 12.1 Å². The molecule has 0 unspecified atom stereocenters. The molecule has 2 aromatic heterocycles. The van der Waals surface area contributed by atoms with E-state index >= 15 is 0 Å². The number of amides is 1. The maximum absolute atomic E-state index is 12.7. The van der Waals surface area contributed by atoms with E-state index in [4.69, 9.17) is 5.11 Å². The number of pyridine rings is 1. The molecule has 0 aliphatic carbocycles. The summed E-state index contributed by atoms with van der Waals surface area (Å²) in [5.41, 5.74) is -0.174. The molecule has 2 N–H and O–H groups in total. The number of nitrogens with zero attached hydrogens (tertiary/aromatic N) is 2. The number of carbonyl (C=O) groups excluding carboxylic acids is 1. The third-order valence-electron chi connectivity index (χ3n) is 3.47. The molecule has 0 radical (unpaired) electrons. The van der Waals surface area contributed by atoms with Crippen molar-refractivity contribution in [3.8, 4) is 0 Å². The van der Waals surface area contributed by atoms with Crippen LogP contribution in [0, 0.1) is 6.92 Å². The highest BCUT2D eigenvalue weighted by Gasteiger charge is 2.33. The highest BCUT2D eigenvalue weighted by Crippen LogP contribution is 2.31. The Labute approximate surface area is 148 Å². The molecule has 1 amide bonds. The Balaban J connectivity index is 1.90. The van der Waals surface area contributed by atoms with Crippen molar-refractivity contribution in [1.29, 1.82) is 0 Å². The molecular weight excluding hydrogens is 371 g/mol. The fraction of sp³-hybridized carbons (Fsp3) is 0.125. The fourth-order valence-electron chi connectivity index (χ4n) is 2.27. The van der Waals surface area contributed by atoms with Gasteiger partial charge in [0.05, 0.1) is 15.8 Å². The zero-order chi connectivity index (χ0) is 19.1. The van der Waals surface area contributed by atoms with Crippen molar-refractivity contribution in [3.05, 3.63) is 52.8 Å². The molecule has 0 saturated heterocycles. The number of carboxylic acids is 1. The number of nitrogens with one attached hydrogen (secondary N) is 1. The number of alkyl halides is 3. The summed E-state index contributed by atoms with van der Waals surface area (Å²) in [6.07, 6.45) is -3.75. The number of aryl methyl sites for hydroxylation is 1. The highest BCUT2D eigenvalue weighted by atomic mass is 32.1. The van der Waals surface area contributed by atoms with Gasteiger partial charge in [0.15, 0.2) is 5.13 Å². The lowest BCUT2D eigenvalue weighted by molar-refractivity contribution is -0.141. The zero-order valence-corrected chi connectivity index (χ0v) is 13.9. The summed E-state index contributed by atoms with van der Waals surface area (Å²) in [5.74, 6) is -1.86. The van der Waals surface area contributed by atoms with Crippen molar-refractivity contribution in [1.82, 2.24) is 9.97 Å². The van der Waals surface area contributed by atoms with Gasteiger partial charge in [-0.2, -0.15) is 13.2 Å². The fourth-order valence-corrected chi connectivity index (χ4v) is 3.25. The summed E-state index contributed by atoms with van der Waals surface area (Å²) < 4.78 is 38.6. The summed E-state index contributed by atoms with van der Waals surface area (Å²) in [4.78, 5) is 30.7. The summed E-state index contributed by atoms with van der Waals surface area (Å²) in [7, 11) is 0. The zero-order valence-electron chi connectivity index (χ0n) is 13.1. The third kappa shape index (κ3) is 3.49. The second-order valence-electron chi connectivity index (χ2n) is 5.35. The van der Waals surface area contributed by atoms with E-state index in [9.17, 15) is 22.8 Å². The molecule has 1 aromatic carbocycles. The van der Waals surface area contributed by atoms with Gasteiger partial charge in [0.2, 0.25) is 0 Å². The molecule has 134 valence electrons. The van der Waals surface area contributed by atoms with Gasteiger partial charge >= 0.3 is 12.1 Å². The Morgan fingerprint density at radius 2 is 1.92 bits per heavy atom. The van der Waals surface area contributed by atoms with Gasteiger partial charge in [-0.15, -0.1) is 0 Å². The molecule has 3 aromatic rings. The van der Waals surface area contributed by atoms with E-state index in [-0.39, 0.29) is 16.3 Å². The Hall–Kier alpha value is -3.01. The largest absolute Gasteiger partial charge is 0.478 e. The van der Waals surface area contributed by atoms with E-state index in [0.717, 1.165) is 23.6 Å². The van der Waals surface area contributed by atoms with Crippen LogP contribution in [0.4, 0.5) is 18.3 Å². The summed E-state index contributed by atoms with van der Waals surface area (Å²) in [6, 6.07) is 4.68. The number of carboxylic acid groups (broad SMARTS) is 1. The van der Waals surface area contributed by atoms with E-state index in [1.54, 1.807) is 6.92 Å². The smallest absolute Gasteiger partial charge is 0.433 e. The molecule has 2 heterocycles. The molecule has 3 rings (SSSR count). The molecular formula is C16H10F3N3O3S. The standard InChI is InChI=1S/C16H10F3N3O3S/c1-7-4-9(14(24)25)5-10-12(7)21-15(26-10)22-13(23)8-2-3-20-11(6-8)16(17,18)19/h2-6H,1H3,(H,24,25)(H,21,22,23). The van der Waals surface area contributed by atoms with Gasteiger partial charge in [0.25, 0.3) is 5.91 Å². The minimum atomic E-state index is -4.66. The Morgan fingerprint density at radius 1 is 1.19 bits per heavy atom. The molecule has 0 spiro atoms. The quantitative estimate of drug-likeness (QED) is 0.716. The van der Waals surface area contributed by atoms with Crippen molar-refractivity contribution in [2.24, 2.45) is 0 Å². The van der Waals surface area contributed by atoms with E-state index in [1.807, 2.05) is 0 Å². The lowest BCUT2D eigenvalue weighted by Crippen LogP contribution is -2.14. The van der Waals surface area contributed by atoms with Crippen LogP contribution in [0.5, 0.6) is 0 Å². The summed E-state index contributed by atoms with van der Waals surface area (Å²) in [6.45, 7) is 1.68. The number of aromatic carboxylic acids is 1. The average Bonchev–Trinajstić information content (AvgIpc) is 2.97. The first-order chi connectivity index (χ1) is 12.1. The highest BCUT2D eigenvalue weighted by molar-refractivity contribution is 7.22. The molecule has 0 saturated carbocycles. The molecule has 26 heavy (non-hydrogen) atoms. The van der Waals surface area contributed by atoms with Crippen LogP contribution in [-0.4, -0.2) is 27.0 Å². The molecule has 6 nitrogen and oxygen atoms in total. The average molecular weight is 381 g/mol. The van der Waals surface area contributed by atoms with Crippen molar-refractivity contribution in [2.45, 2.75) is 13.1 Å². The Kier molecular flexibility index (Phi) is 4.36. The van der Waals surface area contributed by atoms with E-state index in [2.05, 4.69) is 15.3 Å². The maximum Gasteiger partial charge on any atom is 0.433 e. The van der Waals surface area contributed by atoms with Crippen LogP contribution >= 0.6 is 11.3 Å². The Bertz CT molecular complexity index is 1030. The van der Waals surface area contributed by atoms with Crippen LogP contribution in [-0.2, 0) is 6.18 Å². The monoisotopic (exact) mass is 381 g/mol. The molecule has 0 fully saturated rings. The van der Waals surface area contributed by atoms with Gasteiger partial charge in [-0.3, -0.25) is 15.1 Å². The minimum absolute atomic E-state index is 0.0838. The van der Waals surface area contributed by atoms with Crippen LogP contribution in [0.15, 0.2) is 30.5 Å². The number of halogens is 3. The van der Waals surface area contributed by atoms with Crippen LogP contribution in [0.3, 0.4) is 0 Å². The van der Waals surface area contributed by atoms with E-state index < -0.39 is 23.7 Å². The van der Waals surface area contributed by atoms with Gasteiger partial charge in [-0.1, -0.05) is 11.3 Å². The first kappa shape index (κ1) is 17.8. The first-order valence-corrected chi connectivity index (χ1v) is 7.96. The molecule has 10 heteroatoms. The molecule has 0 atom stereocenters. The van der Waals surface area contributed by atoms with Crippen molar-refractivity contribution in [2.75, 3.05) is 5.32 Å². The number of thiazole rings is 1. The first-order valence-electron chi connectivity index (χ1n) is 7.14. The van der Waals surface area contributed by atoms with Crippen molar-refractivity contribution in [3.63, 3.8) is 0 Å². The third-order valence-corrected chi connectivity index (χ3v) is 4.38. The predicted molar refractivity (Wildman–Crippen MR) is 88.5 cm³/mol. The van der Waals surface area contributed by atoms with Gasteiger partial charge in [0.1, 0.15) is 5.69 Å². The van der Waals surface area contributed by atoms with Gasteiger partial charge in [-0.05, 0) is 36.8 Å². The predicted octanol–water partition coefficient (Wildman–Crippen LogP) is 3.97. The number of aromatic nitrogens is 2. The number of hydrogen-bond donors (Lipinski definition) is 2. The van der Waals surface area contributed by atoms with Crippen LogP contribution in [0.25, 0.3) is 10.2 Å². The van der Waals surface area contributed by atoms with Gasteiger partial charge in [-0.25, -0.2) is 9.78 Å². The lowest BCUT2D eigenvalue weighted by Gasteiger charge is -2.07. The van der Waals surface area contributed by atoms with Crippen LogP contribution < -0.4 is 5.32 Å². The lowest BCUT2D eigenvalue weighted by atomic mass is 10.1. The number of fused-ring (bicyclic) bond motifs is 1. The normalized spacial score (nSPS) is 11.5. The van der Waals surface area contributed by atoms with Crippen molar-refractivity contribution >= 4 is 38.6 Å². The van der Waals surface area contributed by atoms with Crippen LogP contribution in [0.1, 0.15) is 32.0 Å². The Morgan fingerprint density at radius 3 is 2.58 bits per heavy atom. The number of carbonyl (C=O) groups is 2. The SMILES string of the molecule is Cc1cc(C(=O)O)cc2sc(NC(=O)c3ccnc(C(F)(F)F)c3)nc12. The topological polar surface area (TPSA) is 92.2 Å². The second-order valence-corrected chi connectivity index (χ2v) is 6.38. The number of anilines is 1. The molecule has 0 aliphatic heterocycles. The minimum Gasteiger partial charge on any atom is -0.478 e. The van der Waals surface area contributed by atoms with Crippen LogP contribution in [0.2, 0.25) is 0 Å². The second kappa shape index (κ2) is 6.37. The van der Waals surface area contributed by atoms with E-state index in [0.29, 0.717) is 21.8 Å². The number of rotatable bonds is 3.